The van der Waals surface area contributed by atoms with E-state index in [9.17, 15) is 14.7 Å². The molecule has 0 aromatic heterocycles. The number of carboxylic acids is 1. The Bertz CT molecular complexity index is 416. The molecule has 0 saturated carbocycles. The Balaban J connectivity index is 2.23. The van der Waals surface area contributed by atoms with Crippen LogP contribution in [0.4, 0.5) is 0 Å². The van der Waals surface area contributed by atoms with Crippen molar-refractivity contribution >= 4 is 11.9 Å². The highest BCUT2D eigenvalue weighted by Crippen LogP contribution is 2.40. The molecule has 0 aliphatic carbocycles. The van der Waals surface area contributed by atoms with E-state index in [4.69, 9.17) is 0 Å². The number of carbonyl (C=O) groups is 2. The molecule has 0 aromatic rings. The summed E-state index contributed by atoms with van der Waals surface area (Å²) in [6, 6.07) is 0. The Morgan fingerprint density at radius 3 is 2.62 bits per heavy atom. The summed E-state index contributed by atoms with van der Waals surface area (Å²) in [4.78, 5) is 26.5. The third-order valence-electron chi connectivity index (χ3n) is 5.59. The van der Waals surface area contributed by atoms with E-state index in [1.54, 1.807) is 4.90 Å². The summed E-state index contributed by atoms with van der Waals surface area (Å²) in [5, 5.41) is 13.0. The van der Waals surface area contributed by atoms with Crippen LogP contribution in [0.2, 0.25) is 0 Å². The molecule has 5 heteroatoms. The smallest absolute Gasteiger partial charge is 0.329 e. The van der Waals surface area contributed by atoms with Gasteiger partial charge in [0.25, 0.3) is 0 Å². The zero-order chi connectivity index (χ0) is 15.7. The Labute approximate surface area is 127 Å². The summed E-state index contributed by atoms with van der Waals surface area (Å²) in [5.74, 6) is -0.561. The van der Waals surface area contributed by atoms with Crippen molar-refractivity contribution in [2.24, 2.45) is 11.3 Å². The molecule has 21 heavy (non-hydrogen) atoms. The highest BCUT2D eigenvalue weighted by molar-refractivity contribution is 5.90. The number of hydrogen-bond acceptors (Lipinski definition) is 3. The second-order valence-electron chi connectivity index (χ2n) is 7.02. The third-order valence-corrected chi connectivity index (χ3v) is 5.59. The lowest BCUT2D eigenvalue weighted by Crippen LogP contribution is -2.58. The van der Waals surface area contributed by atoms with E-state index >= 15 is 0 Å². The Morgan fingerprint density at radius 1 is 1.38 bits per heavy atom. The number of rotatable bonds is 4. The van der Waals surface area contributed by atoms with Gasteiger partial charge in [0, 0.05) is 12.0 Å². The lowest BCUT2D eigenvalue weighted by atomic mass is 9.73. The quantitative estimate of drug-likeness (QED) is 0.831. The molecule has 2 heterocycles. The average Bonchev–Trinajstić information content (AvgIpc) is 2.92. The molecule has 0 aromatic carbocycles. The van der Waals surface area contributed by atoms with E-state index < -0.39 is 16.9 Å². The minimum atomic E-state index is -0.990. The predicted octanol–water partition coefficient (Wildman–Crippen LogP) is 1.87. The number of amides is 1. The Kier molecular flexibility index (Phi) is 4.61. The fraction of sp³-hybridized carbons (Fsp3) is 0.875. The van der Waals surface area contributed by atoms with E-state index in [0.717, 1.165) is 32.4 Å². The second kappa shape index (κ2) is 5.95. The molecular formula is C16H28N2O3. The lowest BCUT2D eigenvalue weighted by Gasteiger charge is -2.43. The molecule has 120 valence electrons. The molecule has 2 aliphatic rings. The number of hydrogen-bond donors (Lipinski definition) is 2. The fourth-order valence-electron chi connectivity index (χ4n) is 3.91. The average molecular weight is 296 g/mol. The molecule has 2 saturated heterocycles. The van der Waals surface area contributed by atoms with Gasteiger partial charge in [-0.3, -0.25) is 4.79 Å². The van der Waals surface area contributed by atoms with Gasteiger partial charge in [-0.15, -0.1) is 0 Å². The molecule has 0 spiro atoms. The predicted molar refractivity (Wildman–Crippen MR) is 81.0 cm³/mol. The topological polar surface area (TPSA) is 69.6 Å². The van der Waals surface area contributed by atoms with Crippen LogP contribution in [-0.2, 0) is 9.59 Å². The minimum Gasteiger partial charge on any atom is -0.479 e. The number of nitrogens with zero attached hydrogens (tertiary/aromatic N) is 1. The van der Waals surface area contributed by atoms with E-state index in [2.05, 4.69) is 5.32 Å². The third kappa shape index (κ3) is 2.68. The van der Waals surface area contributed by atoms with Gasteiger partial charge in [-0.1, -0.05) is 20.8 Å². The van der Waals surface area contributed by atoms with Crippen molar-refractivity contribution in [1.82, 2.24) is 10.2 Å². The summed E-state index contributed by atoms with van der Waals surface area (Å²) in [6.45, 7) is 8.26. The van der Waals surface area contributed by atoms with E-state index in [1.165, 1.54) is 0 Å². The SMILES string of the molecule is CCC1(C(=O)O)CCCN1C(=O)C(C)(C)C1CCCNC1. The molecule has 0 radical (unpaired) electrons. The molecule has 2 unspecified atom stereocenters. The van der Waals surface area contributed by atoms with Crippen molar-refractivity contribution in [3.8, 4) is 0 Å². The van der Waals surface area contributed by atoms with Gasteiger partial charge in [0.15, 0.2) is 0 Å². The van der Waals surface area contributed by atoms with Crippen LogP contribution in [0.15, 0.2) is 0 Å². The lowest BCUT2D eigenvalue weighted by molar-refractivity contribution is -0.162. The van der Waals surface area contributed by atoms with Gasteiger partial charge in [-0.25, -0.2) is 4.79 Å². The monoisotopic (exact) mass is 296 g/mol. The number of nitrogens with one attached hydrogen (secondary N) is 1. The summed E-state index contributed by atoms with van der Waals surface area (Å²) >= 11 is 0. The first-order valence-corrected chi connectivity index (χ1v) is 8.12. The van der Waals surface area contributed by atoms with Crippen LogP contribution in [0.5, 0.6) is 0 Å². The van der Waals surface area contributed by atoms with Crippen molar-refractivity contribution in [2.45, 2.75) is 58.4 Å². The largest absolute Gasteiger partial charge is 0.479 e. The maximum Gasteiger partial charge on any atom is 0.329 e. The van der Waals surface area contributed by atoms with Gasteiger partial charge in [0.1, 0.15) is 5.54 Å². The highest BCUT2D eigenvalue weighted by atomic mass is 16.4. The zero-order valence-electron chi connectivity index (χ0n) is 13.4. The molecule has 2 aliphatic heterocycles. The van der Waals surface area contributed by atoms with E-state index in [0.29, 0.717) is 19.4 Å². The van der Waals surface area contributed by atoms with Crippen LogP contribution in [0.25, 0.3) is 0 Å². The van der Waals surface area contributed by atoms with Crippen LogP contribution in [0.1, 0.15) is 52.9 Å². The molecule has 0 bridgehead atoms. The first-order chi connectivity index (χ1) is 9.86. The molecule has 2 fully saturated rings. The summed E-state index contributed by atoms with van der Waals surface area (Å²) in [6.07, 6.45) is 3.95. The fourth-order valence-corrected chi connectivity index (χ4v) is 3.91. The highest BCUT2D eigenvalue weighted by Gasteiger charge is 2.52. The first kappa shape index (κ1) is 16.3. The number of aliphatic carboxylic acids is 1. The van der Waals surface area contributed by atoms with Gasteiger partial charge in [0.05, 0.1) is 0 Å². The van der Waals surface area contributed by atoms with Crippen molar-refractivity contribution in [1.29, 1.82) is 0 Å². The summed E-state index contributed by atoms with van der Waals surface area (Å²) in [5.41, 5.74) is -1.50. The van der Waals surface area contributed by atoms with Crippen LogP contribution in [0, 0.1) is 11.3 Å². The number of carboxylic acid groups (broad SMARTS) is 1. The van der Waals surface area contributed by atoms with Gasteiger partial charge >= 0.3 is 5.97 Å². The van der Waals surface area contributed by atoms with Crippen LogP contribution in [0.3, 0.4) is 0 Å². The zero-order valence-corrected chi connectivity index (χ0v) is 13.4. The molecule has 2 atom stereocenters. The van der Waals surface area contributed by atoms with E-state index in [-0.39, 0.29) is 11.8 Å². The van der Waals surface area contributed by atoms with Crippen molar-refractivity contribution in [2.75, 3.05) is 19.6 Å². The normalized spacial score (nSPS) is 30.4. The van der Waals surface area contributed by atoms with E-state index in [1.807, 2.05) is 20.8 Å². The summed E-state index contributed by atoms with van der Waals surface area (Å²) in [7, 11) is 0. The standard InChI is InChI=1S/C16H28N2O3/c1-4-16(14(20)21)8-6-10-18(16)13(19)15(2,3)12-7-5-9-17-11-12/h12,17H,4-11H2,1-3H3,(H,20,21). The molecule has 2 rings (SSSR count). The van der Waals surface area contributed by atoms with Crippen molar-refractivity contribution in [3.05, 3.63) is 0 Å². The minimum absolute atomic E-state index is 0.0120. The number of piperidine rings is 1. The van der Waals surface area contributed by atoms with Gasteiger partial charge < -0.3 is 15.3 Å². The number of likely N-dealkylation sites (tertiary alicyclic amines) is 1. The maximum absolute atomic E-state index is 13.1. The van der Waals surface area contributed by atoms with Crippen molar-refractivity contribution in [3.63, 3.8) is 0 Å². The van der Waals surface area contributed by atoms with Crippen LogP contribution in [-0.4, -0.2) is 47.1 Å². The second-order valence-corrected chi connectivity index (χ2v) is 7.02. The molecule has 1 amide bonds. The molecule has 2 N–H and O–H groups in total. The van der Waals surface area contributed by atoms with Crippen LogP contribution < -0.4 is 5.32 Å². The van der Waals surface area contributed by atoms with Crippen LogP contribution >= 0.6 is 0 Å². The molecule has 5 nitrogen and oxygen atoms in total. The number of carbonyl (C=O) groups excluding carboxylic acids is 1. The maximum atomic E-state index is 13.1. The molecular weight excluding hydrogens is 268 g/mol. The van der Waals surface area contributed by atoms with Gasteiger partial charge in [-0.2, -0.15) is 0 Å². The summed E-state index contributed by atoms with van der Waals surface area (Å²) < 4.78 is 0. The van der Waals surface area contributed by atoms with Crippen molar-refractivity contribution < 1.29 is 14.7 Å². The van der Waals surface area contributed by atoms with Gasteiger partial charge in [0.2, 0.25) is 5.91 Å². The Hall–Kier alpha value is -1.10. The Morgan fingerprint density at radius 2 is 2.10 bits per heavy atom. The van der Waals surface area contributed by atoms with Gasteiger partial charge in [-0.05, 0) is 51.1 Å². The first-order valence-electron chi connectivity index (χ1n) is 8.12.